The van der Waals surface area contributed by atoms with Gasteiger partial charge in [0.05, 0.1) is 0 Å². The highest BCUT2D eigenvalue weighted by atomic mass is 16.5. The molecule has 132 valence electrons. The van der Waals surface area contributed by atoms with Crippen molar-refractivity contribution in [3.63, 3.8) is 0 Å². The quantitative estimate of drug-likeness (QED) is 0.840. The summed E-state index contributed by atoms with van der Waals surface area (Å²) in [5, 5.41) is 12.1. The molecule has 0 saturated heterocycles. The summed E-state index contributed by atoms with van der Waals surface area (Å²) in [5.74, 6) is 1.47. The number of hydrogen-bond donors (Lipinski definition) is 2. The van der Waals surface area contributed by atoms with Gasteiger partial charge in [0.15, 0.2) is 0 Å². The van der Waals surface area contributed by atoms with Gasteiger partial charge in [-0.3, -0.25) is 4.79 Å². The number of fused-ring (bicyclic) bond motifs is 1. The minimum atomic E-state index is 0.0914. The van der Waals surface area contributed by atoms with E-state index in [1.807, 2.05) is 18.2 Å². The van der Waals surface area contributed by atoms with Crippen LogP contribution >= 0.6 is 0 Å². The van der Waals surface area contributed by atoms with Crippen LogP contribution in [0.2, 0.25) is 0 Å². The van der Waals surface area contributed by atoms with Crippen molar-refractivity contribution in [1.29, 1.82) is 0 Å². The van der Waals surface area contributed by atoms with Crippen LogP contribution in [0.5, 0.6) is 5.75 Å². The maximum atomic E-state index is 11.4. The molecule has 1 aromatic rings. The number of ether oxygens (including phenoxy) is 1. The molecule has 5 heteroatoms. The smallest absolute Gasteiger partial charge is 0.224 e. The van der Waals surface area contributed by atoms with E-state index in [4.69, 9.17) is 4.74 Å². The Morgan fingerprint density at radius 2 is 2.04 bits per heavy atom. The van der Waals surface area contributed by atoms with Gasteiger partial charge in [0.2, 0.25) is 5.91 Å². The molecule has 24 heavy (non-hydrogen) atoms. The van der Waals surface area contributed by atoms with Crippen LogP contribution in [0.25, 0.3) is 0 Å². The lowest BCUT2D eigenvalue weighted by Crippen LogP contribution is -2.38. The lowest BCUT2D eigenvalue weighted by Gasteiger charge is -2.34. The first-order valence-electron chi connectivity index (χ1n) is 9.02. The van der Waals surface area contributed by atoms with Crippen LogP contribution < -0.4 is 10.1 Å². The number of nitrogens with one attached hydrogen (secondary N) is 1. The number of amides is 1. The topological polar surface area (TPSA) is 61.8 Å². The summed E-state index contributed by atoms with van der Waals surface area (Å²) in [7, 11) is 2.16. The van der Waals surface area contributed by atoms with E-state index in [1.165, 1.54) is 12.8 Å². The Balaban J connectivity index is 1.44. The fraction of sp³-hybridized carbons (Fsp3) is 0.632. The lowest BCUT2D eigenvalue weighted by molar-refractivity contribution is -0.116. The number of carbonyl (C=O) groups is 1. The van der Waals surface area contributed by atoms with Crippen LogP contribution in [0.15, 0.2) is 18.2 Å². The van der Waals surface area contributed by atoms with Crippen molar-refractivity contribution in [2.45, 2.75) is 44.6 Å². The van der Waals surface area contributed by atoms with Gasteiger partial charge in [0.1, 0.15) is 12.4 Å². The van der Waals surface area contributed by atoms with Gasteiger partial charge in [0.25, 0.3) is 0 Å². The average Bonchev–Trinajstić information content (AvgIpc) is 2.61. The van der Waals surface area contributed by atoms with E-state index >= 15 is 0 Å². The highest BCUT2D eigenvalue weighted by Gasteiger charge is 2.23. The molecule has 1 aliphatic carbocycles. The highest BCUT2D eigenvalue weighted by Crippen LogP contribution is 2.28. The molecule has 1 aromatic carbocycles. The zero-order valence-electron chi connectivity index (χ0n) is 14.5. The molecule has 1 amide bonds. The second-order valence-electron chi connectivity index (χ2n) is 7.05. The Labute approximate surface area is 144 Å². The zero-order valence-corrected chi connectivity index (χ0v) is 14.5. The van der Waals surface area contributed by atoms with Crippen molar-refractivity contribution >= 4 is 11.6 Å². The number of benzene rings is 1. The fourth-order valence-electron chi connectivity index (χ4n) is 3.71. The predicted molar refractivity (Wildman–Crippen MR) is 94.3 cm³/mol. The first-order valence-corrected chi connectivity index (χ1v) is 9.02. The second-order valence-corrected chi connectivity index (χ2v) is 7.05. The number of aliphatic hydroxyl groups excluding tert-OH is 1. The molecule has 0 bridgehead atoms. The average molecular weight is 332 g/mol. The Morgan fingerprint density at radius 3 is 2.79 bits per heavy atom. The van der Waals surface area contributed by atoms with Crippen LogP contribution in [0.4, 0.5) is 5.69 Å². The SMILES string of the molecule is CN(CCOc1ccc2c(c1)CCC(=O)N2)C1CCC(CO)CC1. The minimum absolute atomic E-state index is 0.0914. The summed E-state index contributed by atoms with van der Waals surface area (Å²) in [5.41, 5.74) is 2.07. The van der Waals surface area contributed by atoms with E-state index in [0.29, 0.717) is 31.6 Å². The third-order valence-corrected chi connectivity index (χ3v) is 5.38. The van der Waals surface area contributed by atoms with E-state index < -0.39 is 0 Å². The number of carbonyl (C=O) groups excluding carboxylic acids is 1. The standard InChI is InChI=1S/C19H28N2O3/c1-21(16-5-2-14(13-22)3-6-16)10-11-24-17-7-8-18-15(12-17)4-9-19(23)20-18/h7-8,12,14,16,22H,2-6,9-11,13H2,1H3,(H,20,23). The molecule has 2 aliphatic rings. The van der Waals surface area contributed by atoms with Crippen molar-refractivity contribution in [2.75, 3.05) is 32.1 Å². The molecule has 0 radical (unpaired) electrons. The normalized spacial score (nSPS) is 23.7. The van der Waals surface area contributed by atoms with Crippen LogP contribution in [-0.2, 0) is 11.2 Å². The molecule has 3 rings (SSSR count). The molecule has 1 heterocycles. The molecule has 1 aliphatic heterocycles. The maximum Gasteiger partial charge on any atom is 0.224 e. The number of rotatable bonds is 6. The Bertz CT molecular complexity index is 568. The number of anilines is 1. The maximum absolute atomic E-state index is 11.4. The van der Waals surface area contributed by atoms with Gasteiger partial charge >= 0.3 is 0 Å². The fourth-order valence-corrected chi connectivity index (χ4v) is 3.71. The summed E-state index contributed by atoms with van der Waals surface area (Å²) < 4.78 is 5.91. The number of aliphatic hydroxyl groups is 1. The highest BCUT2D eigenvalue weighted by molar-refractivity contribution is 5.93. The number of hydrogen-bond acceptors (Lipinski definition) is 4. The molecule has 5 nitrogen and oxygen atoms in total. The molecule has 0 atom stereocenters. The molecule has 0 aromatic heterocycles. The summed E-state index contributed by atoms with van der Waals surface area (Å²) in [6.45, 7) is 1.90. The molecule has 0 unspecified atom stereocenters. The van der Waals surface area contributed by atoms with Crippen molar-refractivity contribution < 1.29 is 14.6 Å². The van der Waals surface area contributed by atoms with E-state index in [1.54, 1.807) is 0 Å². The molecular weight excluding hydrogens is 304 g/mol. The zero-order chi connectivity index (χ0) is 16.9. The Morgan fingerprint density at radius 1 is 1.25 bits per heavy atom. The van der Waals surface area contributed by atoms with Gasteiger partial charge in [-0.2, -0.15) is 0 Å². The predicted octanol–water partition coefficient (Wildman–Crippen LogP) is 2.43. The Hall–Kier alpha value is -1.59. The number of nitrogens with zero attached hydrogens (tertiary/aromatic N) is 1. The van der Waals surface area contributed by atoms with Crippen molar-refractivity contribution in [1.82, 2.24) is 4.90 Å². The van der Waals surface area contributed by atoms with Gasteiger partial charge in [0, 0.05) is 31.3 Å². The van der Waals surface area contributed by atoms with Gasteiger partial charge < -0.3 is 20.1 Å². The molecule has 2 N–H and O–H groups in total. The number of likely N-dealkylation sites (N-methyl/N-ethyl adjacent to an activating group) is 1. The lowest BCUT2D eigenvalue weighted by atomic mass is 9.86. The van der Waals surface area contributed by atoms with Crippen LogP contribution in [0.3, 0.4) is 0 Å². The van der Waals surface area contributed by atoms with E-state index in [-0.39, 0.29) is 5.91 Å². The van der Waals surface area contributed by atoms with Gasteiger partial charge in [-0.25, -0.2) is 0 Å². The molecular formula is C19H28N2O3. The third-order valence-electron chi connectivity index (χ3n) is 5.38. The Kier molecular flexibility index (Phi) is 5.74. The van der Waals surface area contributed by atoms with Gasteiger partial charge in [-0.15, -0.1) is 0 Å². The summed E-state index contributed by atoms with van der Waals surface area (Å²) >= 11 is 0. The number of aryl methyl sites for hydroxylation is 1. The van der Waals surface area contributed by atoms with E-state index in [0.717, 1.165) is 42.8 Å². The molecule has 0 spiro atoms. The van der Waals surface area contributed by atoms with Gasteiger partial charge in [-0.05, 0) is 68.8 Å². The minimum Gasteiger partial charge on any atom is -0.492 e. The molecule has 1 saturated carbocycles. The molecule has 1 fully saturated rings. The van der Waals surface area contributed by atoms with Crippen molar-refractivity contribution in [3.8, 4) is 5.75 Å². The van der Waals surface area contributed by atoms with Gasteiger partial charge in [-0.1, -0.05) is 0 Å². The van der Waals surface area contributed by atoms with E-state index in [2.05, 4.69) is 17.3 Å². The van der Waals surface area contributed by atoms with Crippen LogP contribution in [0.1, 0.15) is 37.7 Å². The first-order chi connectivity index (χ1) is 11.7. The van der Waals surface area contributed by atoms with Crippen LogP contribution in [-0.4, -0.2) is 48.8 Å². The first kappa shape index (κ1) is 17.2. The van der Waals surface area contributed by atoms with Crippen molar-refractivity contribution in [2.24, 2.45) is 5.92 Å². The van der Waals surface area contributed by atoms with E-state index in [9.17, 15) is 9.90 Å². The summed E-state index contributed by atoms with van der Waals surface area (Å²) in [6.07, 6.45) is 5.93. The summed E-state index contributed by atoms with van der Waals surface area (Å²) in [6, 6.07) is 6.51. The largest absolute Gasteiger partial charge is 0.492 e. The monoisotopic (exact) mass is 332 g/mol. The van der Waals surface area contributed by atoms with Crippen LogP contribution in [0, 0.1) is 5.92 Å². The third kappa shape index (κ3) is 4.28. The second kappa shape index (κ2) is 7.99. The van der Waals surface area contributed by atoms with Crippen molar-refractivity contribution in [3.05, 3.63) is 23.8 Å². The summed E-state index contributed by atoms with van der Waals surface area (Å²) in [4.78, 5) is 13.8.